The van der Waals surface area contributed by atoms with Gasteiger partial charge in [-0.2, -0.15) is 0 Å². The van der Waals surface area contributed by atoms with Crippen LogP contribution in [-0.4, -0.2) is 37.4 Å². The highest BCUT2D eigenvalue weighted by Gasteiger charge is 2.10. The summed E-state index contributed by atoms with van der Waals surface area (Å²) < 4.78 is 5.25. The number of ether oxygens (including phenoxy) is 1. The van der Waals surface area contributed by atoms with Crippen LogP contribution in [0.3, 0.4) is 0 Å². The Hall–Kier alpha value is -3.35. The van der Waals surface area contributed by atoms with E-state index in [2.05, 4.69) is 15.5 Å². The van der Waals surface area contributed by atoms with E-state index in [1.54, 1.807) is 43.5 Å². The number of nitrogens with one attached hydrogen (secondary N) is 2. The summed E-state index contributed by atoms with van der Waals surface area (Å²) in [7, 11) is 3.52. The maximum absolute atomic E-state index is 12.5. The number of benzene rings is 3. The minimum Gasteiger partial charge on any atom is -0.495 e. The summed E-state index contributed by atoms with van der Waals surface area (Å²) in [4.78, 5) is 26.9. The minimum absolute atomic E-state index is 0.0841. The molecule has 7 heteroatoms. The second-order valence-electron chi connectivity index (χ2n) is 7.39. The first-order chi connectivity index (χ1) is 15.4. The molecule has 32 heavy (non-hydrogen) atoms. The average molecular weight is 452 g/mol. The van der Waals surface area contributed by atoms with E-state index in [1.807, 2.05) is 43.4 Å². The molecule has 3 aromatic carbocycles. The largest absolute Gasteiger partial charge is 0.495 e. The van der Waals surface area contributed by atoms with Gasteiger partial charge >= 0.3 is 0 Å². The molecule has 0 bridgehead atoms. The number of methoxy groups -OCH3 is 1. The number of amides is 2. The van der Waals surface area contributed by atoms with Crippen molar-refractivity contribution in [3.05, 3.63) is 88.9 Å². The lowest BCUT2D eigenvalue weighted by molar-refractivity contribution is -0.116. The molecule has 0 saturated carbocycles. The SMILES string of the molecule is COc1ccccc1NC(=O)c1ccc(NC(=O)CCN(C)Cc2ccc(Cl)cc2)cc1. The fourth-order valence-corrected chi connectivity index (χ4v) is 3.27. The third-order valence-corrected chi connectivity index (χ3v) is 5.12. The van der Waals surface area contributed by atoms with Gasteiger partial charge in [0, 0.05) is 35.8 Å². The molecule has 0 heterocycles. The number of hydrogen-bond donors (Lipinski definition) is 2. The molecule has 0 saturated heterocycles. The fourth-order valence-electron chi connectivity index (χ4n) is 3.14. The highest BCUT2D eigenvalue weighted by molar-refractivity contribution is 6.30. The predicted octanol–water partition coefficient (Wildman–Crippen LogP) is 5.06. The van der Waals surface area contributed by atoms with Crippen molar-refractivity contribution < 1.29 is 14.3 Å². The standard InChI is InChI=1S/C25H26ClN3O3/c1-29(17-18-7-11-20(26)12-8-18)16-15-24(30)27-21-13-9-19(10-14-21)25(31)28-22-5-3-4-6-23(22)32-2/h3-14H,15-17H2,1-2H3,(H,27,30)(H,28,31). The summed E-state index contributed by atoms with van der Waals surface area (Å²) in [5, 5.41) is 6.40. The Morgan fingerprint density at radius 3 is 2.31 bits per heavy atom. The molecule has 3 rings (SSSR count). The summed E-state index contributed by atoms with van der Waals surface area (Å²) in [6, 6.07) is 21.7. The number of para-hydroxylation sites is 2. The molecule has 0 fully saturated rings. The maximum Gasteiger partial charge on any atom is 0.255 e. The molecule has 6 nitrogen and oxygen atoms in total. The van der Waals surface area contributed by atoms with Gasteiger partial charge in [-0.15, -0.1) is 0 Å². The van der Waals surface area contributed by atoms with Crippen molar-refractivity contribution in [2.75, 3.05) is 31.3 Å². The molecule has 0 aromatic heterocycles. The summed E-state index contributed by atoms with van der Waals surface area (Å²) in [6.45, 7) is 1.36. The third-order valence-electron chi connectivity index (χ3n) is 4.87. The summed E-state index contributed by atoms with van der Waals surface area (Å²) in [5.74, 6) is 0.251. The van der Waals surface area contributed by atoms with E-state index < -0.39 is 0 Å². The van der Waals surface area contributed by atoms with Crippen molar-refractivity contribution in [3.8, 4) is 5.75 Å². The summed E-state index contributed by atoms with van der Waals surface area (Å²) >= 11 is 5.91. The Morgan fingerprint density at radius 2 is 1.62 bits per heavy atom. The van der Waals surface area contributed by atoms with E-state index in [0.29, 0.717) is 40.7 Å². The van der Waals surface area contributed by atoms with E-state index in [9.17, 15) is 9.59 Å². The molecule has 0 atom stereocenters. The predicted molar refractivity (Wildman–Crippen MR) is 128 cm³/mol. The third kappa shape index (κ3) is 6.83. The first-order valence-corrected chi connectivity index (χ1v) is 10.6. The Bertz CT molecular complexity index is 1050. The Kier molecular flexibility index (Phi) is 8.25. The van der Waals surface area contributed by atoms with Gasteiger partial charge < -0.3 is 20.3 Å². The van der Waals surface area contributed by atoms with Gasteiger partial charge in [0.15, 0.2) is 0 Å². The lowest BCUT2D eigenvalue weighted by atomic mass is 10.1. The highest BCUT2D eigenvalue weighted by Crippen LogP contribution is 2.24. The molecular formula is C25H26ClN3O3. The Balaban J connectivity index is 1.47. The van der Waals surface area contributed by atoms with Crippen LogP contribution in [0.15, 0.2) is 72.8 Å². The van der Waals surface area contributed by atoms with E-state index in [1.165, 1.54) is 0 Å². The number of anilines is 2. The van der Waals surface area contributed by atoms with Crippen LogP contribution in [0.1, 0.15) is 22.3 Å². The van der Waals surface area contributed by atoms with E-state index in [4.69, 9.17) is 16.3 Å². The van der Waals surface area contributed by atoms with Crippen LogP contribution in [0, 0.1) is 0 Å². The van der Waals surface area contributed by atoms with E-state index >= 15 is 0 Å². The molecule has 0 aliphatic carbocycles. The molecule has 0 aliphatic heterocycles. The lowest BCUT2D eigenvalue weighted by Crippen LogP contribution is -2.24. The zero-order chi connectivity index (χ0) is 22.9. The van der Waals surface area contributed by atoms with Gasteiger partial charge in [0.25, 0.3) is 5.91 Å². The van der Waals surface area contributed by atoms with Gasteiger partial charge in [0.1, 0.15) is 5.75 Å². The minimum atomic E-state index is -0.254. The van der Waals surface area contributed by atoms with Crippen LogP contribution in [0.25, 0.3) is 0 Å². The summed E-state index contributed by atoms with van der Waals surface area (Å²) in [5.41, 5.74) is 2.86. The van der Waals surface area contributed by atoms with Crippen LogP contribution in [0.5, 0.6) is 5.75 Å². The normalized spacial score (nSPS) is 10.6. The second kappa shape index (κ2) is 11.3. The number of carbonyl (C=O) groups excluding carboxylic acids is 2. The lowest BCUT2D eigenvalue weighted by Gasteiger charge is -2.16. The smallest absolute Gasteiger partial charge is 0.255 e. The highest BCUT2D eigenvalue weighted by atomic mass is 35.5. The van der Waals surface area contributed by atoms with Crippen LogP contribution in [0.4, 0.5) is 11.4 Å². The first-order valence-electron chi connectivity index (χ1n) is 10.2. The molecule has 0 aliphatic rings. The second-order valence-corrected chi connectivity index (χ2v) is 7.83. The molecule has 0 unspecified atom stereocenters. The Morgan fingerprint density at radius 1 is 0.938 bits per heavy atom. The van der Waals surface area contributed by atoms with Gasteiger partial charge in [-0.1, -0.05) is 35.9 Å². The van der Waals surface area contributed by atoms with Crippen LogP contribution in [0.2, 0.25) is 5.02 Å². The molecule has 166 valence electrons. The van der Waals surface area contributed by atoms with Gasteiger partial charge in [-0.25, -0.2) is 0 Å². The Labute approximate surface area is 193 Å². The van der Waals surface area contributed by atoms with Crippen molar-refractivity contribution in [1.82, 2.24) is 4.90 Å². The molecule has 2 amide bonds. The van der Waals surface area contributed by atoms with Crippen molar-refractivity contribution in [2.45, 2.75) is 13.0 Å². The van der Waals surface area contributed by atoms with Gasteiger partial charge in [-0.05, 0) is 61.1 Å². The summed E-state index contributed by atoms with van der Waals surface area (Å²) in [6.07, 6.45) is 0.361. The number of hydrogen-bond acceptors (Lipinski definition) is 4. The molecule has 3 aromatic rings. The first kappa shape index (κ1) is 23.3. The number of halogens is 1. The van der Waals surface area contributed by atoms with Crippen molar-refractivity contribution in [1.29, 1.82) is 0 Å². The van der Waals surface area contributed by atoms with Gasteiger partial charge in [-0.3, -0.25) is 9.59 Å². The average Bonchev–Trinajstić information content (AvgIpc) is 2.80. The molecular weight excluding hydrogens is 426 g/mol. The van der Waals surface area contributed by atoms with Gasteiger partial charge in [0.2, 0.25) is 5.91 Å². The van der Waals surface area contributed by atoms with Crippen molar-refractivity contribution in [2.24, 2.45) is 0 Å². The number of carbonyl (C=O) groups is 2. The van der Waals surface area contributed by atoms with Crippen LogP contribution < -0.4 is 15.4 Å². The molecule has 0 spiro atoms. The maximum atomic E-state index is 12.5. The fraction of sp³-hybridized carbons (Fsp3) is 0.200. The zero-order valence-corrected chi connectivity index (χ0v) is 18.9. The van der Waals surface area contributed by atoms with Crippen LogP contribution in [-0.2, 0) is 11.3 Å². The zero-order valence-electron chi connectivity index (χ0n) is 18.1. The quantitative estimate of drug-likeness (QED) is 0.477. The van der Waals surface area contributed by atoms with Crippen LogP contribution >= 0.6 is 11.6 Å². The molecule has 0 radical (unpaired) electrons. The molecule has 2 N–H and O–H groups in total. The van der Waals surface area contributed by atoms with E-state index in [-0.39, 0.29) is 11.8 Å². The van der Waals surface area contributed by atoms with E-state index in [0.717, 1.165) is 12.1 Å². The topological polar surface area (TPSA) is 70.7 Å². The van der Waals surface area contributed by atoms with Crippen molar-refractivity contribution >= 4 is 34.8 Å². The monoisotopic (exact) mass is 451 g/mol. The number of rotatable bonds is 9. The van der Waals surface area contributed by atoms with Crippen molar-refractivity contribution in [3.63, 3.8) is 0 Å². The number of nitrogens with zero attached hydrogens (tertiary/aromatic N) is 1. The van der Waals surface area contributed by atoms with Gasteiger partial charge in [0.05, 0.1) is 12.8 Å².